The zero-order chi connectivity index (χ0) is 13.2. The van der Waals surface area contributed by atoms with Gasteiger partial charge in [-0.1, -0.05) is 18.2 Å². The largest absolute Gasteiger partial charge is 0.493 e. The van der Waals surface area contributed by atoms with Gasteiger partial charge in [0, 0.05) is 31.2 Å². The Labute approximate surface area is 125 Å². The lowest BCUT2D eigenvalue weighted by molar-refractivity contribution is -0.134. The van der Waals surface area contributed by atoms with Crippen molar-refractivity contribution in [2.24, 2.45) is 0 Å². The highest BCUT2D eigenvalue weighted by Crippen LogP contribution is 2.34. The van der Waals surface area contributed by atoms with Crippen molar-refractivity contribution in [2.75, 3.05) is 26.2 Å². The summed E-state index contributed by atoms with van der Waals surface area (Å²) in [7, 11) is 0. The van der Waals surface area contributed by atoms with Crippen molar-refractivity contribution < 1.29 is 9.53 Å². The van der Waals surface area contributed by atoms with E-state index in [9.17, 15) is 4.79 Å². The summed E-state index contributed by atoms with van der Waals surface area (Å²) in [4.78, 5) is 14.7. The lowest BCUT2D eigenvalue weighted by Gasteiger charge is -2.35. The molecular weight excluding hydrogens is 276 g/mol. The summed E-state index contributed by atoms with van der Waals surface area (Å²) in [5, 5.41) is 3.37. The van der Waals surface area contributed by atoms with Crippen LogP contribution in [0.25, 0.3) is 0 Å². The van der Waals surface area contributed by atoms with Crippen LogP contribution in [-0.2, 0) is 4.79 Å². The zero-order valence-electron chi connectivity index (χ0n) is 11.7. The molecule has 1 amide bonds. The van der Waals surface area contributed by atoms with Gasteiger partial charge in [0.2, 0.25) is 5.91 Å². The van der Waals surface area contributed by atoms with Crippen molar-refractivity contribution in [3.05, 3.63) is 29.8 Å². The van der Waals surface area contributed by atoms with E-state index in [4.69, 9.17) is 4.74 Å². The predicted octanol–water partition coefficient (Wildman–Crippen LogP) is 1.79. The molecule has 3 rings (SSSR count). The first-order valence-corrected chi connectivity index (χ1v) is 6.99. The number of benzene rings is 1. The summed E-state index contributed by atoms with van der Waals surface area (Å²) in [5.41, 5.74) is 1.05. The van der Waals surface area contributed by atoms with Crippen molar-refractivity contribution in [3.63, 3.8) is 0 Å². The maximum Gasteiger partial charge on any atom is 0.230 e. The van der Waals surface area contributed by atoms with Gasteiger partial charge in [0.25, 0.3) is 0 Å². The van der Waals surface area contributed by atoms with Gasteiger partial charge in [-0.3, -0.25) is 4.79 Å². The van der Waals surface area contributed by atoms with Crippen molar-refractivity contribution in [1.29, 1.82) is 0 Å². The van der Waals surface area contributed by atoms with Crippen LogP contribution in [0, 0.1) is 0 Å². The number of rotatable bonds is 1. The molecule has 2 aliphatic heterocycles. The summed E-state index contributed by atoms with van der Waals surface area (Å²) < 4.78 is 5.63. The first kappa shape index (κ1) is 15.1. The van der Waals surface area contributed by atoms with Crippen LogP contribution in [0.1, 0.15) is 24.8 Å². The molecule has 2 aliphatic rings. The van der Waals surface area contributed by atoms with E-state index in [0.29, 0.717) is 12.6 Å². The average Bonchev–Trinajstić information content (AvgIpc) is 2.46. The van der Waals surface area contributed by atoms with Crippen LogP contribution in [0.4, 0.5) is 0 Å². The third-order valence-electron chi connectivity index (χ3n) is 3.94. The smallest absolute Gasteiger partial charge is 0.230 e. The number of hydrogen-bond donors (Lipinski definition) is 1. The average molecular weight is 297 g/mol. The van der Waals surface area contributed by atoms with Gasteiger partial charge in [0.1, 0.15) is 5.75 Å². The highest BCUT2D eigenvalue weighted by atomic mass is 35.5. The third-order valence-corrected chi connectivity index (χ3v) is 3.94. The lowest BCUT2D eigenvalue weighted by Crippen LogP contribution is -2.52. The minimum Gasteiger partial charge on any atom is -0.493 e. The molecule has 1 N–H and O–H groups in total. The monoisotopic (exact) mass is 296 g/mol. The molecule has 2 atom stereocenters. The second-order valence-electron chi connectivity index (χ2n) is 5.37. The number of para-hydroxylation sites is 1. The van der Waals surface area contributed by atoms with Gasteiger partial charge in [-0.2, -0.15) is 0 Å². The number of halogens is 1. The topological polar surface area (TPSA) is 41.6 Å². The molecule has 1 aromatic carbocycles. The summed E-state index contributed by atoms with van der Waals surface area (Å²) in [6.07, 6.45) is 0.786. The van der Waals surface area contributed by atoms with E-state index >= 15 is 0 Å². The molecule has 0 spiro atoms. The van der Waals surface area contributed by atoms with E-state index in [-0.39, 0.29) is 24.2 Å². The molecule has 1 aromatic rings. The van der Waals surface area contributed by atoms with Crippen molar-refractivity contribution in [3.8, 4) is 5.75 Å². The van der Waals surface area contributed by atoms with Crippen molar-refractivity contribution >= 4 is 18.3 Å². The normalized spacial score (nSPS) is 25.1. The van der Waals surface area contributed by atoms with Gasteiger partial charge in [-0.15, -0.1) is 12.4 Å². The Morgan fingerprint density at radius 1 is 1.40 bits per heavy atom. The molecule has 1 fully saturated rings. The van der Waals surface area contributed by atoms with E-state index < -0.39 is 0 Å². The number of fused-ring (bicyclic) bond motifs is 1. The Hall–Kier alpha value is -1.26. The minimum atomic E-state index is -0.0322. The number of hydrogen-bond acceptors (Lipinski definition) is 3. The summed E-state index contributed by atoms with van der Waals surface area (Å²) >= 11 is 0. The summed E-state index contributed by atoms with van der Waals surface area (Å²) in [6.45, 7) is 5.26. The molecule has 110 valence electrons. The number of nitrogens with one attached hydrogen (secondary N) is 1. The molecule has 0 aromatic heterocycles. The number of carbonyl (C=O) groups is 1. The number of amides is 1. The van der Waals surface area contributed by atoms with Gasteiger partial charge in [-0.05, 0) is 19.4 Å². The molecule has 2 heterocycles. The number of carbonyl (C=O) groups excluding carboxylic acids is 1. The fourth-order valence-electron chi connectivity index (χ4n) is 2.95. The molecular formula is C15H21ClN2O2. The zero-order valence-corrected chi connectivity index (χ0v) is 12.5. The van der Waals surface area contributed by atoms with Crippen LogP contribution >= 0.6 is 12.4 Å². The standard InChI is InChI=1S/C15H20N2O2.ClH/c1-11-10-17(8-7-16-11)15(18)13-6-9-19-14-5-3-2-4-12(13)14;/h2-5,11,13,16H,6-10H2,1H3;1H. The molecule has 0 bridgehead atoms. The van der Waals surface area contributed by atoms with Crippen LogP contribution in [-0.4, -0.2) is 43.1 Å². The third kappa shape index (κ3) is 2.91. The Morgan fingerprint density at radius 2 is 2.20 bits per heavy atom. The van der Waals surface area contributed by atoms with Gasteiger partial charge in [-0.25, -0.2) is 0 Å². The van der Waals surface area contributed by atoms with E-state index in [1.807, 2.05) is 29.2 Å². The molecule has 1 saturated heterocycles. The number of ether oxygens (including phenoxy) is 1. The maximum absolute atomic E-state index is 12.7. The van der Waals surface area contributed by atoms with Crippen molar-refractivity contribution in [1.82, 2.24) is 10.2 Å². The fraction of sp³-hybridized carbons (Fsp3) is 0.533. The Bertz CT molecular complexity index is 481. The van der Waals surface area contributed by atoms with Crippen LogP contribution in [0.15, 0.2) is 24.3 Å². The SMILES string of the molecule is CC1CN(C(=O)C2CCOc3ccccc32)CCN1.Cl. The summed E-state index contributed by atoms with van der Waals surface area (Å²) in [6, 6.07) is 8.29. The molecule has 5 heteroatoms. The molecule has 0 radical (unpaired) electrons. The first-order valence-electron chi connectivity index (χ1n) is 6.99. The van der Waals surface area contributed by atoms with Crippen LogP contribution in [0.3, 0.4) is 0 Å². The molecule has 20 heavy (non-hydrogen) atoms. The molecule has 2 unspecified atom stereocenters. The first-order chi connectivity index (χ1) is 9.25. The Balaban J connectivity index is 0.00000147. The quantitative estimate of drug-likeness (QED) is 0.859. The predicted molar refractivity (Wildman–Crippen MR) is 80.6 cm³/mol. The molecule has 4 nitrogen and oxygen atoms in total. The van der Waals surface area contributed by atoms with Crippen LogP contribution in [0.5, 0.6) is 5.75 Å². The van der Waals surface area contributed by atoms with E-state index in [0.717, 1.165) is 37.4 Å². The van der Waals surface area contributed by atoms with Gasteiger partial charge in [0.05, 0.1) is 12.5 Å². The highest BCUT2D eigenvalue weighted by Gasteiger charge is 2.32. The van der Waals surface area contributed by atoms with E-state index in [1.54, 1.807) is 0 Å². The minimum absolute atomic E-state index is 0. The highest BCUT2D eigenvalue weighted by molar-refractivity contribution is 5.85. The number of nitrogens with zero attached hydrogens (tertiary/aromatic N) is 1. The second kappa shape index (κ2) is 6.46. The van der Waals surface area contributed by atoms with E-state index in [1.165, 1.54) is 0 Å². The fourth-order valence-corrected chi connectivity index (χ4v) is 2.95. The Morgan fingerprint density at radius 3 is 3.00 bits per heavy atom. The van der Waals surface area contributed by atoms with Gasteiger partial charge < -0.3 is 15.0 Å². The van der Waals surface area contributed by atoms with Crippen LogP contribution in [0.2, 0.25) is 0 Å². The molecule has 0 aliphatic carbocycles. The number of piperazine rings is 1. The summed E-state index contributed by atoms with van der Waals surface area (Å²) in [5.74, 6) is 1.09. The van der Waals surface area contributed by atoms with E-state index in [2.05, 4.69) is 12.2 Å². The van der Waals surface area contributed by atoms with Crippen molar-refractivity contribution in [2.45, 2.75) is 25.3 Å². The maximum atomic E-state index is 12.7. The van der Waals surface area contributed by atoms with Gasteiger partial charge >= 0.3 is 0 Å². The second-order valence-corrected chi connectivity index (χ2v) is 5.37. The molecule has 0 saturated carbocycles. The lowest BCUT2D eigenvalue weighted by atomic mass is 9.91. The van der Waals surface area contributed by atoms with Gasteiger partial charge in [0.15, 0.2) is 0 Å². The Kier molecular flexibility index (Phi) is 4.89. The van der Waals surface area contributed by atoms with Crippen LogP contribution < -0.4 is 10.1 Å².